The lowest BCUT2D eigenvalue weighted by Crippen LogP contribution is -2.15. The second-order valence-electron chi connectivity index (χ2n) is 7.77. The average molecular weight is 580 g/mol. The highest BCUT2D eigenvalue weighted by molar-refractivity contribution is 8.04. The molecule has 0 fully saturated rings. The largest absolute Gasteiger partial charge is 0.486 e. The van der Waals surface area contributed by atoms with Crippen LogP contribution >= 0.6 is 58.2 Å². The van der Waals surface area contributed by atoms with Crippen LogP contribution in [0.25, 0.3) is 6.08 Å². The van der Waals surface area contributed by atoms with E-state index >= 15 is 0 Å². The number of ether oxygens (including phenoxy) is 1. The van der Waals surface area contributed by atoms with Crippen LogP contribution in [0.1, 0.15) is 22.5 Å². The van der Waals surface area contributed by atoms with Crippen LogP contribution in [-0.2, 0) is 6.61 Å². The Balaban J connectivity index is 1.55. The van der Waals surface area contributed by atoms with Crippen LogP contribution in [-0.4, -0.2) is 20.6 Å². The summed E-state index contributed by atoms with van der Waals surface area (Å²) in [6.45, 7) is 2.00. The molecule has 2 heterocycles. The summed E-state index contributed by atoms with van der Waals surface area (Å²) >= 11 is 25.9. The Morgan fingerprint density at radius 3 is 2.47 bits per heavy atom. The SMILES string of the molecule is Cc1cc(OCc2nnc3n2N=C(c2cc(F)c(Cl)cc2Cl)C(=Cc2ccc(Cl)cc2)S3)ccc1Cl. The van der Waals surface area contributed by atoms with E-state index in [1.165, 1.54) is 23.9 Å². The monoisotopic (exact) mass is 578 g/mol. The first-order valence-electron chi connectivity index (χ1n) is 10.5. The fourth-order valence-electron chi connectivity index (χ4n) is 3.40. The number of halogens is 5. The summed E-state index contributed by atoms with van der Waals surface area (Å²) in [6.07, 6.45) is 1.90. The van der Waals surface area contributed by atoms with E-state index in [-0.39, 0.29) is 16.7 Å². The van der Waals surface area contributed by atoms with Gasteiger partial charge in [-0.3, -0.25) is 0 Å². The Hall–Kier alpha value is -2.55. The van der Waals surface area contributed by atoms with Crippen molar-refractivity contribution in [1.82, 2.24) is 14.9 Å². The van der Waals surface area contributed by atoms with E-state index in [1.54, 1.807) is 28.9 Å². The Labute approximate surface area is 230 Å². The number of nitrogens with zero attached hydrogens (tertiary/aromatic N) is 4. The molecule has 11 heteroatoms. The van der Waals surface area contributed by atoms with Crippen LogP contribution in [0.5, 0.6) is 5.75 Å². The van der Waals surface area contributed by atoms with Crippen LogP contribution in [0, 0.1) is 12.7 Å². The van der Waals surface area contributed by atoms with Crippen LogP contribution < -0.4 is 4.74 Å². The van der Waals surface area contributed by atoms with E-state index in [0.717, 1.165) is 11.1 Å². The normalized spacial score (nSPS) is 14.1. The summed E-state index contributed by atoms with van der Waals surface area (Å²) in [5.74, 6) is 0.484. The van der Waals surface area contributed by atoms with Gasteiger partial charge >= 0.3 is 0 Å². The lowest BCUT2D eigenvalue weighted by Gasteiger charge is -2.18. The Kier molecular flexibility index (Phi) is 7.28. The summed E-state index contributed by atoms with van der Waals surface area (Å²) in [7, 11) is 0. The minimum atomic E-state index is -0.606. The number of fused-ring (bicyclic) bond motifs is 1. The van der Waals surface area contributed by atoms with Gasteiger partial charge < -0.3 is 4.74 Å². The van der Waals surface area contributed by atoms with Crippen molar-refractivity contribution >= 4 is 70.0 Å². The third-order valence-electron chi connectivity index (χ3n) is 5.24. The number of hydrogen-bond acceptors (Lipinski definition) is 5. The number of allylic oxidation sites excluding steroid dienone is 1. The van der Waals surface area contributed by atoms with Gasteiger partial charge in [-0.1, -0.05) is 58.5 Å². The first-order chi connectivity index (χ1) is 17.3. The zero-order valence-electron chi connectivity index (χ0n) is 18.5. The topological polar surface area (TPSA) is 52.3 Å². The molecular formula is C25H15Cl4FN4OS. The van der Waals surface area contributed by atoms with Crippen molar-refractivity contribution in [3.05, 3.63) is 108 Å². The van der Waals surface area contributed by atoms with E-state index < -0.39 is 5.82 Å². The Morgan fingerprint density at radius 1 is 0.944 bits per heavy atom. The highest BCUT2D eigenvalue weighted by atomic mass is 35.5. The molecule has 3 aromatic carbocycles. The van der Waals surface area contributed by atoms with Crippen molar-refractivity contribution in [2.45, 2.75) is 18.7 Å². The second kappa shape index (κ2) is 10.4. The first kappa shape index (κ1) is 25.1. The van der Waals surface area contributed by atoms with Crippen LogP contribution in [0.15, 0.2) is 69.8 Å². The first-order valence-corrected chi connectivity index (χ1v) is 12.8. The molecule has 0 radical (unpaired) electrons. The predicted octanol–water partition coefficient (Wildman–Crippen LogP) is 8.32. The van der Waals surface area contributed by atoms with Crippen LogP contribution in [0.3, 0.4) is 0 Å². The van der Waals surface area contributed by atoms with Gasteiger partial charge in [-0.2, -0.15) is 9.78 Å². The Bertz CT molecular complexity index is 1540. The summed E-state index contributed by atoms with van der Waals surface area (Å²) in [5.41, 5.74) is 2.58. The van der Waals surface area contributed by atoms with Crippen molar-refractivity contribution in [3.63, 3.8) is 0 Å². The second-order valence-corrected chi connectivity index (χ2v) is 10.4. The number of thioether (sulfide) groups is 1. The van der Waals surface area contributed by atoms with E-state index in [4.69, 9.17) is 56.2 Å². The number of benzene rings is 3. The number of hydrogen-bond donors (Lipinski definition) is 0. The third-order valence-corrected chi connectivity index (χ3v) is 7.49. The standard InChI is InChI=1S/C25H15Cl4FN4OS/c1-13-8-16(6-7-18(13)27)35-12-23-31-32-25-34(23)33-24(17-10-21(30)20(29)11-19(17)28)22(36-25)9-14-2-4-15(26)5-3-14/h2-11H,12H2,1H3. The van der Waals surface area contributed by atoms with E-state index in [2.05, 4.69) is 10.2 Å². The fourth-order valence-corrected chi connectivity index (χ4v) is 5.07. The predicted molar refractivity (Wildman–Crippen MR) is 144 cm³/mol. The minimum Gasteiger partial charge on any atom is -0.486 e. The molecule has 1 aliphatic rings. The molecule has 0 saturated heterocycles. The molecule has 5 rings (SSSR count). The summed E-state index contributed by atoms with van der Waals surface area (Å²) in [5, 5.41) is 15.2. The smallest absolute Gasteiger partial charge is 0.217 e. The van der Waals surface area contributed by atoms with E-state index in [9.17, 15) is 4.39 Å². The molecule has 1 aromatic heterocycles. The molecule has 0 aliphatic carbocycles. The maximum Gasteiger partial charge on any atom is 0.217 e. The molecule has 1 aliphatic heterocycles. The van der Waals surface area contributed by atoms with Gasteiger partial charge in [-0.15, -0.1) is 10.2 Å². The summed E-state index contributed by atoms with van der Waals surface area (Å²) in [6, 6.07) is 15.3. The highest BCUT2D eigenvalue weighted by Gasteiger charge is 2.26. The summed E-state index contributed by atoms with van der Waals surface area (Å²) < 4.78 is 21.9. The molecule has 0 spiro atoms. The molecule has 0 unspecified atom stereocenters. The quantitative estimate of drug-likeness (QED) is 0.223. The number of aryl methyl sites for hydroxylation is 1. The van der Waals surface area contributed by atoms with Crippen LogP contribution in [0.2, 0.25) is 20.1 Å². The molecule has 5 nitrogen and oxygen atoms in total. The van der Waals surface area contributed by atoms with Crippen molar-refractivity contribution in [1.29, 1.82) is 0 Å². The molecule has 182 valence electrons. The van der Waals surface area contributed by atoms with Gasteiger partial charge in [0.2, 0.25) is 5.16 Å². The zero-order valence-corrected chi connectivity index (χ0v) is 22.3. The average Bonchev–Trinajstić information content (AvgIpc) is 3.25. The van der Waals surface area contributed by atoms with Gasteiger partial charge in [0, 0.05) is 20.5 Å². The lowest BCUT2D eigenvalue weighted by atomic mass is 10.1. The number of aromatic nitrogens is 3. The minimum absolute atomic E-state index is 0.0756. The van der Waals surface area contributed by atoms with Gasteiger partial charge in [0.1, 0.15) is 23.9 Å². The molecule has 36 heavy (non-hydrogen) atoms. The molecule has 0 N–H and O–H groups in total. The fraction of sp³-hybridized carbons (Fsp3) is 0.0800. The van der Waals surface area contributed by atoms with Crippen molar-refractivity contribution in [2.75, 3.05) is 0 Å². The van der Waals surface area contributed by atoms with Gasteiger partial charge in [0.05, 0.1) is 10.0 Å². The highest BCUT2D eigenvalue weighted by Crippen LogP contribution is 2.38. The van der Waals surface area contributed by atoms with E-state index in [0.29, 0.717) is 43.0 Å². The third kappa shape index (κ3) is 5.26. The van der Waals surface area contributed by atoms with Crippen molar-refractivity contribution < 1.29 is 9.13 Å². The van der Waals surface area contributed by atoms with Gasteiger partial charge in [0.15, 0.2) is 5.82 Å². The maximum absolute atomic E-state index is 14.4. The van der Waals surface area contributed by atoms with Gasteiger partial charge in [-0.25, -0.2) is 4.39 Å². The molecular weight excluding hydrogens is 565 g/mol. The molecule has 0 bridgehead atoms. The van der Waals surface area contributed by atoms with Gasteiger partial charge in [-0.05, 0) is 78.4 Å². The Morgan fingerprint density at radius 2 is 1.72 bits per heavy atom. The van der Waals surface area contributed by atoms with Crippen LogP contribution in [0.4, 0.5) is 4.39 Å². The summed E-state index contributed by atoms with van der Waals surface area (Å²) in [4.78, 5) is 0.696. The molecule has 0 amide bonds. The van der Waals surface area contributed by atoms with Crippen molar-refractivity contribution in [3.8, 4) is 5.75 Å². The molecule has 4 aromatic rings. The lowest BCUT2D eigenvalue weighted by molar-refractivity contribution is 0.289. The zero-order chi connectivity index (χ0) is 25.4. The number of rotatable bonds is 5. The molecule has 0 atom stereocenters. The molecule has 0 saturated carbocycles. The van der Waals surface area contributed by atoms with Gasteiger partial charge in [0.25, 0.3) is 0 Å². The van der Waals surface area contributed by atoms with Crippen molar-refractivity contribution in [2.24, 2.45) is 5.10 Å². The maximum atomic E-state index is 14.4. The van der Waals surface area contributed by atoms with E-state index in [1.807, 2.05) is 31.2 Å².